The fourth-order valence-corrected chi connectivity index (χ4v) is 4.96. The summed E-state index contributed by atoms with van der Waals surface area (Å²) in [6.07, 6.45) is 2.89. The number of aliphatic hydroxyl groups excluding tert-OH is 1. The van der Waals surface area contributed by atoms with Gasteiger partial charge in [-0.05, 0) is 54.3 Å². The lowest BCUT2D eigenvalue weighted by molar-refractivity contribution is 0.122. The SMILES string of the molecule is Cc1ccc(CO)cc1N(CC(C)C)c1ccnc(Nc2cc(N3CCOCC3)cc(S(C)(=O)=O)c2)n1. The van der Waals surface area contributed by atoms with Gasteiger partial charge in [-0.25, -0.2) is 13.4 Å². The fourth-order valence-electron chi connectivity index (χ4n) is 4.29. The minimum atomic E-state index is -3.43. The fraction of sp³-hybridized carbons (Fsp3) is 0.407. The predicted molar refractivity (Wildman–Crippen MR) is 147 cm³/mol. The molecule has 1 fully saturated rings. The van der Waals surface area contributed by atoms with Gasteiger partial charge in [0.25, 0.3) is 0 Å². The van der Waals surface area contributed by atoms with Gasteiger partial charge in [-0.3, -0.25) is 0 Å². The number of ether oxygens (including phenoxy) is 1. The Morgan fingerprint density at radius 1 is 1.14 bits per heavy atom. The number of aromatic nitrogens is 2. The molecule has 0 bridgehead atoms. The number of sulfone groups is 1. The van der Waals surface area contributed by atoms with E-state index in [1.165, 1.54) is 6.26 Å². The van der Waals surface area contributed by atoms with E-state index in [1.807, 2.05) is 37.3 Å². The first-order valence-corrected chi connectivity index (χ1v) is 14.3. The van der Waals surface area contributed by atoms with Gasteiger partial charge < -0.3 is 25.0 Å². The van der Waals surface area contributed by atoms with Crippen LogP contribution in [0, 0.1) is 12.8 Å². The van der Waals surface area contributed by atoms with Crippen molar-refractivity contribution < 1.29 is 18.3 Å². The zero-order valence-corrected chi connectivity index (χ0v) is 22.6. The largest absolute Gasteiger partial charge is 0.392 e. The molecule has 1 aliphatic rings. The predicted octanol–water partition coefficient (Wildman–Crippen LogP) is 4.06. The average Bonchev–Trinajstić information content (AvgIpc) is 2.87. The molecule has 3 aromatic rings. The molecule has 1 aliphatic heterocycles. The number of rotatable bonds is 9. The smallest absolute Gasteiger partial charge is 0.229 e. The Bertz CT molecular complexity index is 1340. The second-order valence-corrected chi connectivity index (χ2v) is 11.7. The number of nitrogens with zero attached hydrogens (tertiary/aromatic N) is 4. The van der Waals surface area contributed by atoms with Crippen molar-refractivity contribution in [3.8, 4) is 0 Å². The van der Waals surface area contributed by atoms with Crippen molar-refractivity contribution in [3.63, 3.8) is 0 Å². The molecule has 0 aliphatic carbocycles. The minimum absolute atomic E-state index is 0.0401. The van der Waals surface area contributed by atoms with Gasteiger partial charge in [-0.2, -0.15) is 4.98 Å². The maximum Gasteiger partial charge on any atom is 0.229 e. The zero-order chi connectivity index (χ0) is 26.6. The number of benzene rings is 2. The summed E-state index contributed by atoms with van der Waals surface area (Å²) in [5.41, 5.74) is 4.27. The number of aryl methyl sites for hydroxylation is 1. The van der Waals surface area contributed by atoms with Gasteiger partial charge in [-0.1, -0.05) is 26.0 Å². The first-order chi connectivity index (χ1) is 17.6. The highest BCUT2D eigenvalue weighted by Crippen LogP contribution is 2.31. The minimum Gasteiger partial charge on any atom is -0.392 e. The lowest BCUT2D eigenvalue weighted by atomic mass is 10.1. The van der Waals surface area contributed by atoms with Crippen LogP contribution >= 0.6 is 0 Å². The van der Waals surface area contributed by atoms with E-state index in [9.17, 15) is 13.5 Å². The molecule has 2 aromatic carbocycles. The van der Waals surface area contributed by atoms with Crippen LogP contribution in [0.1, 0.15) is 25.0 Å². The third kappa shape index (κ3) is 6.76. The Balaban J connectivity index is 1.70. The first-order valence-electron chi connectivity index (χ1n) is 12.4. The van der Waals surface area contributed by atoms with Crippen molar-refractivity contribution in [1.82, 2.24) is 9.97 Å². The van der Waals surface area contributed by atoms with Gasteiger partial charge in [0, 0.05) is 49.1 Å². The van der Waals surface area contributed by atoms with E-state index in [0.29, 0.717) is 49.7 Å². The Morgan fingerprint density at radius 3 is 2.57 bits per heavy atom. The van der Waals surface area contributed by atoms with E-state index in [0.717, 1.165) is 29.0 Å². The van der Waals surface area contributed by atoms with Crippen molar-refractivity contribution >= 4 is 38.7 Å². The normalized spacial score (nSPS) is 14.2. The van der Waals surface area contributed by atoms with Crippen LogP contribution in [-0.4, -0.2) is 62.6 Å². The molecule has 1 saturated heterocycles. The van der Waals surface area contributed by atoms with E-state index >= 15 is 0 Å². The van der Waals surface area contributed by atoms with Gasteiger partial charge in [0.2, 0.25) is 5.95 Å². The highest BCUT2D eigenvalue weighted by molar-refractivity contribution is 7.90. The quantitative estimate of drug-likeness (QED) is 0.428. The van der Waals surface area contributed by atoms with E-state index < -0.39 is 9.84 Å². The Kier molecular flexibility index (Phi) is 8.31. The van der Waals surface area contributed by atoms with Crippen molar-refractivity contribution in [1.29, 1.82) is 0 Å². The second-order valence-electron chi connectivity index (χ2n) is 9.73. The Labute approximate surface area is 219 Å². The molecule has 198 valence electrons. The third-order valence-corrected chi connectivity index (χ3v) is 7.26. The monoisotopic (exact) mass is 525 g/mol. The molecule has 2 heterocycles. The topological polar surface area (TPSA) is 108 Å². The van der Waals surface area contributed by atoms with E-state index in [2.05, 4.69) is 33.9 Å². The van der Waals surface area contributed by atoms with Crippen LogP contribution in [-0.2, 0) is 21.2 Å². The molecule has 0 unspecified atom stereocenters. The van der Waals surface area contributed by atoms with Crippen LogP contribution in [0.3, 0.4) is 0 Å². The van der Waals surface area contributed by atoms with E-state index in [-0.39, 0.29) is 11.5 Å². The van der Waals surface area contributed by atoms with Crippen molar-refractivity contribution in [2.45, 2.75) is 32.3 Å². The summed E-state index contributed by atoms with van der Waals surface area (Å²) < 4.78 is 30.3. The number of hydrogen-bond acceptors (Lipinski definition) is 9. The van der Waals surface area contributed by atoms with Crippen molar-refractivity contribution in [3.05, 3.63) is 59.8 Å². The summed E-state index contributed by atoms with van der Waals surface area (Å²) in [6, 6.07) is 13.0. The molecule has 37 heavy (non-hydrogen) atoms. The molecule has 1 aromatic heterocycles. The number of aliphatic hydroxyl groups is 1. The molecule has 0 radical (unpaired) electrons. The molecule has 9 nitrogen and oxygen atoms in total. The molecule has 0 amide bonds. The summed E-state index contributed by atoms with van der Waals surface area (Å²) in [6.45, 7) is 9.57. The van der Waals surface area contributed by atoms with Crippen LogP contribution < -0.4 is 15.1 Å². The maximum atomic E-state index is 12.4. The number of hydrogen-bond donors (Lipinski definition) is 2. The Morgan fingerprint density at radius 2 is 1.89 bits per heavy atom. The van der Waals surface area contributed by atoms with Crippen LogP contribution in [0.4, 0.5) is 28.8 Å². The maximum absolute atomic E-state index is 12.4. The summed E-state index contributed by atoms with van der Waals surface area (Å²) >= 11 is 0. The first kappa shape index (κ1) is 26.8. The zero-order valence-electron chi connectivity index (χ0n) is 21.8. The highest BCUT2D eigenvalue weighted by Gasteiger charge is 2.19. The molecular formula is C27H35N5O4S. The second kappa shape index (κ2) is 11.5. The summed E-state index contributed by atoms with van der Waals surface area (Å²) in [4.78, 5) is 13.7. The molecule has 0 atom stereocenters. The number of anilines is 5. The van der Waals surface area contributed by atoms with Gasteiger partial charge in [0.1, 0.15) is 5.82 Å². The average molecular weight is 526 g/mol. The highest BCUT2D eigenvalue weighted by atomic mass is 32.2. The van der Waals surface area contributed by atoms with Crippen molar-refractivity contribution in [2.75, 3.05) is 54.2 Å². The molecule has 2 N–H and O–H groups in total. The van der Waals surface area contributed by atoms with Crippen LogP contribution in [0.15, 0.2) is 53.6 Å². The lowest BCUT2D eigenvalue weighted by Crippen LogP contribution is -2.36. The van der Waals surface area contributed by atoms with Crippen LogP contribution in [0.2, 0.25) is 0 Å². The number of nitrogens with one attached hydrogen (secondary N) is 1. The molecule has 4 rings (SSSR count). The summed E-state index contributed by atoms with van der Waals surface area (Å²) in [7, 11) is -3.43. The van der Waals surface area contributed by atoms with Gasteiger partial charge in [0.15, 0.2) is 9.84 Å². The summed E-state index contributed by atoms with van der Waals surface area (Å²) in [5, 5.41) is 12.9. The molecule has 0 spiro atoms. The lowest BCUT2D eigenvalue weighted by Gasteiger charge is -2.29. The van der Waals surface area contributed by atoms with Crippen molar-refractivity contribution in [2.24, 2.45) is 5.92 Å². The van der Waals surface area contributed by atoms with Crippen LogP contribution in [0.5, 0.6) is 0 Å². The molecular weight excluding hydrogens is 490 g/mol. The Hall–Kier alpha value is -3.21. The third-order valence-electron chi connectivity index (χ3n) is 6.16. The van der Waals surface area contributed by atoms with E-state index in [4.69, 9.17) is 9.72 Å². The molecule has 0 saturated carbocycles. The van der Waals surface area contributed by atoms with Crippen LogP contribution in [0.25, 0.3) is 0 Å². The number of morpholine rings is 1. The standard InChI is InChI=1S/C27H35N5O4S/c1-19(2)17-32(25-13-21(18-33)6-5-20(25)3)26-7-8-28-27(30-26)29-22-14-23(31-9-11-36-12-10-31)16-24(15-22)37(4,34)35/h5-8,13-16,19,33H,9-12,17-18H2,1-4H3,(H,28,29,30). The molecule has 10 heteroatoms. The van der Waals surface area contributed by atoms with Gasteiger partial charge in [-0.15, -0.1) is 0 Å². The summed E-state index contributed by atoms with van der Waals surface area (Å²) in [5.74, 6) is 1.42. The van der Waals surface area contributed by atoms with Gasteiger partial charge in [0.05, 0.1) is 24.7 Å². The van der Waals surface area contributed by atoms with Gasteiger partial charge >= 0.3 is 0 Å². The van der Waals surface area contributed by atoms with E-state index in [1.54, 1.807) is 18.3 Å².